The fourth-order valence-electron chi connectivity index (χ4n) is 2.38. The van der Waals surface area contributed by atoms with Gasteiger partial charge in [0, 0.05) is 38.3 Å². The molecule has 0 unspecified atom stereocenters. The van der Waals surface area contributed by atoms with Crippen molar-refractivity contribution < 1.29 is 9.32 Å². The van der Waals surface area contributed by atoms with Crippen LogP contribution in [0.1, 0.15) is 23.4 Å². The van der Waals surface area contributed by atoms with Crippen LogP contribution in [0.2, 0.25) is 0 Å². The molecule has 0 radical (unpaired) electrons. The second-order valence-corrected chi connectivity index (χ2v) is 5.05. The van der Waals surface area contributed by atoms with E-state index in [4.69, 9.17) is 4.52 Å². The molecule has 116 valence electrons. The van der Waals surface area contributed by atoms with E-state index < -0.39 is 0 Å². The van der Waals surface area contributed by atoms with Crippen molar-refractivity contribution in [2.24, 2.45) is 0 Å². The third kappa shape index (κ3) is 3.51. The van der Waals surface area contributed by atoms with E-state index in [1.165, 1.54) is 25.1 Å². The zero-order valence-corrected chi connectivity index (χ0v) is 12.2. The normalized spacial score (nSPS) is 14.1. The molecule has 0 saturated carbocycles. The van der Waals surface area contributed by atoms with Gasteiger partial charge in [0.05, 0.1) is 18.1 Å². The van der Waals surface area contributed by atoms with Crippen molar-refractivity contribution >= 4 is 17.4 Å². The van der Waals surface area contributed by atoms with E-state index in [0.29, 0.717) is 18.9 Å². The first-order chi connectivity index (χ1) is 10.8. The molecule has 2 aromatic heterocycles. The minimum absolute atomic E-state index is 0.204. The summed E-state index contributed by atoms with van der Waals surface area (Å²) in [5.74, 6) is 0.630. The molecule has 0 bridgehead atoms. The van der Waals surface area contributed by atoms with E-state index in [0.717, 1.165) is 18.8 Å². The molecule has 1 amide bonds. The molecule has 3 rings (SSSR count). The molecular weight excluding hydrogens is 284 g/mol. The lowest BCUT2D eigenvalue weighted by atomic mass is 10.4. The number of hydrogen-bond donors (Lipinski definition) is 2. The van der Waals surface area contributed by atoms with Crippen LogP contribution in [0.15, 0.2) is 29.0 Å². The van der Waals surface area contributed by atoms with Gasteiger partial charge in [-0.3, -0.25) is 4.79 Å². The maximum Gasteiger partial charge on any atom is 0.289 e. The fourth-order valence-corrected chi connectivity index (χ4v) is 2.38. The molecule has 8 nitrogen and oxygen atoms in total. The summed E-state index contributed by atoms with van der Waals surface area (Å²) in [6, 6.07) is 3.50. The minimum atomic E-state index is -0.281. The number of amides is 1. The van der Waals surface area contributed by atoms with Crippen molar-refractivity contribution in [2.75, 3.05) is 36.4 Å². The Kier molecular flexibility index (Phi) is 4.47. The van der Waals surface area contributed by atoms with Gasteiger partial charge >= 0.3 is 0 Å². The van der Waals surface area contributed by atoms with Crippen molar-refractivity contribution in [3.05, 3.63) is 30.3 Å². The third-order valence-corrected chi connectivity index (χ3v) is 3.49. The van der Waals surface area contributed by atoms with Crippen LogP contribution < -0.4 is 15.5 Å². The van der Waals surface area contributed by atoms with Gasteiger partial charge in [-0.2, -0.15) is 5.10 Å². The van der Waals surface area contributed by atoms with Crippen LogP contribution in [-0.2, 0) is 0 Å². The van der Waals surface area contributed by atoms with E-state index in [9.17, 15) is 4.79 Å². The first kappa shape index (κ1) is 14.3. The molecular formula is C14H18N6O2. The summed E-state index contributed by atoms with van der Waals surface area (Å²) in [5.41, 5.74) is 1.08. The molecule has 0 aliphatic carbocycles. The fraction of sp³-hybridized carbons (Fsp3) is 0.429. The summed E-state index contributed by atoms with van der Waals surface area (Å²) < 4.78 is 4.77. The maximum absolute atomic E-state index is 11.6. The number of hydrogen-bond acceptors (Lipinski definition) is 7. The van der Waals surface area contributed by atoms with Crippen molar-refractivity contribution in [3.63, 3.8) is 0 Å². The van der Waals surface area contributed by atoms with Gasteiger partial charge in [0.25, 0.3) is 5.91 Å². The SMILES string of the molecule is O=C(NCCNc1cc(N2CCCC2)cnn1)c1ccno1. The highest BCUT2D eigenvalue weighted by molar-refractivity contribution is 5.91. The van der Waals surface area contributed by atoms with Gasteiger partial charge in [0.1, 0.15) is 0 Å². The Balaban J connectivity index is 1.45. The number of nitrogens with one attached hydrogen (secondary N) is 2. The van der Waals surface area contributed by atoms with E-state index in [-0.39, 0.29) is 11.7 Å². The molecule has 22 heavy (non-hydrogen) atoms. The predicted octanol–water partition coefficient (Wildman–Crippen LogP) is 0.907. The van der Waals surface area contributed by atoms with Crippen LogP contribution in [0.3, 0.4) is 0 Å². The highest BCUT2D eigenvalue weighted by Crippen LogP contribution is 2.20. The summed E-state index contributed by atoms with van der Waals surface area (Å²) in [4.78, 5) is 13.9. The smallest absolute Gasteiger partial charge is 0.289 e. The Labute approximate surface area is 127 Å². The van der Waals surface area contributed by atoms with Crippen LogP contribution in [-0.4, -0.2) is 47.4 Å². The summed E-state index contributed by atoms with van der Waals surface area (Å²) in [7, 11) is 0. The number of nitrogens with zero attached hydrogens (tertiary/aromatic N) is 4. The number of carbonyl (C=O) groups is 1. The number of aromatic nitrogens is 3. The Morgan fingerprint density at radius 1 is 1.32 bits per heavy atom. The van der Waals surface area contributed by atoms with Gasteiger partial charge in [-0.25, -0.2) is 0 Å². The highest BCUT2D eigenvalue weighted by atomic mass is 16.5. The summed E-state index contributed by atoms with van der Waals surface area (Å²) >= 11 is 0. The largest absolute Gasteiger partial charge is 0.370 e. The monoisotopic (exact) mass is 302 g/mol. The number of anilines is 2. The van der Waals surface area contributed by atoms with Crippen LogP contribution in [0, 0.1) is 0 Å². The van der Waals surface area contributed by atoms with Crippen LogP contribution in [0.5, 0.6) is 0 Å². The third-order valence-electron chi connectivity index (χ3n) is 3.49. The standard InChI is InChI=1S/C14H18N6O2/c21-14(12-3-4-18-22-12)16-6-5-15-13-9-11(10-17-19-13)20-7-1-2-8-20/h3-4,9-10H,1-2,5-8H2,(H,15,19)(H,16,21). The lowest BCUT2D eigenvalue weighted by molar-refractivity contribution is 0.0918. The van der Waals surface area contributed by atoms with Gasteiger partial charge in [0.15, 0.2) is 5.82 Å². The molecule has 0 aromatic carbocycles. The molecule has 8 heteroatoms. The highest BCUT2D eigenvalue weighted by Gasteiger charge is 2.13. The van der Waals surface area contributed by atoms with E-state index >= 15 is 0 Å². The van der Waals surface area contributed by atoms with E-state index in [1.54, 1.807) is 6.20 Å². The van der Waals surface area contributed by atoms with Gasteiger partial charge < -0.3 is 20.1 Å². The van der Waals surface area contributed by atoms with E-state index in [1.807, 2.05) is 6.07 Å². The minimum Gasteiger partial charge on any atom is -0.370 e. The number of rotatable bonds is 6. The van der Waals surface area contributed by atoms with E-state index in [2.05, 4.69) is 30.9 Å². The summed E-state index contributed by atoms with van der Waals surface area (Å²) in [5, 5.41) is 17.4. The number of carbonyl (C=O) groups excluding carboxylic acids is 1. The van der Waals surface area contributed by atoms with Crippen molar-refractivity contribution in [1.29, 1.82) is 0 Å². The molecule has 3 heterocycles. The van der Waals surface area contributed by atoms with Crippen LogP contribution >= 0.6 is 0 Å². The topological polar surface area (TPSA) is 96.2 Å². The first-order valence-electron chi connectivity index (χ1n) is 7.33. The molecule has 0 atom stereocenters. The molecule has 2 aromatic rings. The Morgan fingerprint density at radius 3 is 2.95 bits per heavy atom. The Bertz CT molecular complexity index is 610. The predicted molar refractivity (Wildman–Crippen MR) is 80.8 cm³/mol. The van der Waals surface area contributed by atoms with Crippen molar-refractivity contribution in [3.8, 4) is 0 Å². The van der Waals surface area contributed by atoms with Gasteiger partial charge in [0.2, 0.25) is 5.76 Å². The lowest BCUT2D eigenvalue weighted by Gasteiger charge is -2.17. The first-order valence-corrected chi connectivity index (χ1v) is 7.33. The second-order valence-electron chi connectivity index (χ2n) is 5.05. The average Bonchev–Trinajstić information content (AvgIpc) is 3.24. The zero-order chi connectivity index (χ0) is 15.2. The molecule has 1 saturated heterocycles. The molecule has 0 spiro atoms. The average molecular weight is 302 g/mol. The van der Waals surface area contributed by atoms with Gasteiger partial charge in [-0.15, -0.1) is 5.10 Å². The molecule has 2 N–H and O–H groups in total. The van der Waals surface area contributed by atoms with Crippen LogP contribution in [0.25, 0.3) is 0 Å². The Hall–Kier alpha value is -2.64. The maximum atomic E-state index is 11.6. The van der Waals surface area contributed by atoms with Crippen molar-refractivity contribution in [1.82, 2.24) is 20.7 Å². The van der Waals surface area contributed by atoms with Crippen molar-refractivity contribution in [2.45, 2.75) is 12.8 Å². The molecule has 1 aliphatic heterocycles. The zero-order valence-electron chi connectivity index (χ0n) is 12.2. The Morgan fingerprint density at radius 2 is 2.18 bits per heavy atom. The molecule has 1 fully saturated rings. The lowest BCUT2D eigenvalue weighted by Crippen LogP contribution is -2.28. The summed E-state index contributed by atoms with van der Waals surface area (Å²) in [6.07, 6.45) is 5.66. The second kappa shape index (κ2) is 6.88. The van der Waals surface area contributed by atoms with Gasteiger partial charge in [-0.1, -0.05) is 5.16 Å². The molecule has 1 aliphatic rings. The quantitative estimate of drug-likeness (QED) is 0.765. The van der Waals surface area contributed by atoms with Crippen LogP contribution in [0.4, 0.5) is 11.5 Å². The van der Waals surface area contributed by atoms with Gasteiger partial charge in [-0.05, 0) is 12.8 Å². The summed E-state index contributed by atoms with van der Waals surface area (Å²) in [6.45, 7) is 3.14.